The van der Waals surface area contributed by atoms with Gasteiger partial charge in [-0.2, -0.15) is 0 Å². The van der Waals surface area contributed by atoms with Gasteiger partial charge in [0.1, 0.15) is 29.1 Å². The Morgan fingerprint density at radius 3 is 1.50 bits per heavy atom. The zero-order chi connectivity index (χ0) is 15.0. The molecule has 0 saturated heterocycles. The molecule has 0 bridgehead atoms. The molecule has 0 aliphatic heterocycles. The van der Waals surface area contributed by atoms with Crippen molar-refractivity contribution < 1.29 is 22.0 Å². The SMILES string of the molecule is Fc1cc(F)c(C(Cl)c2c(F)cc(Br)cc2F)c(F)c1. The fourth-order valence-electron chi connectivity index (χ4n) is 1.74. The van der Waals surface area contributed by atoms with Gasteiger partial charge in [0, 0.05) is 27.7 Å². The van der Waals surface area contributed by atoms with E-state index in [0.29, 0.717) is 12.1 Å². The Hall–Kier alpha value is -1.14. The van der Waals surface area contributed by atoms with Gasteiger partial charge < -0.3 is 0 Å². The van der Waals surface area contributed by atoms with Gasteiger partial charge in [-0.3, -0.25) is 0 Å². The van der Waals surface area contributed by atoms with Crippen molar-refractivity contribution in [2.45, 2.75) is 5.38 Å². The zero-order valence-corrected chi connectivity index (χ0v) is 11.9. The standard InChI is InChI=1S/C13H5BrClF5/c14-5-1-7(17)11(8(18)2-5)13(15)12-9(19)3-6(16)4-10(12)20/h1-4,13H. The number of hydrogen-bond acceptors (Lipinski definition) is 0. The van der Waals surface area contributed by atoms with Crippen LogP contribution >= 0.6 is 27.5 Å². The maximum absolute atomic E-state index is 13.7. The van der Waals surface area contributed by atoms with Gasteiger partial charge in [-0.1, -0.05) is 15.9 Å². The van der Waals surface area contributed by atoms with Crippen LogP contribution in [-0.2, 0) is 0 Å². The van der Waals surface area contributed by atoms with Crippen molar-refractivity contribution in [3.63, 3.8) is 0 Å². The highest BCUT2D eigenvalue weighted by atomic mass is 79.9. The maximum atomic E-state index is 13.7. The van der Waals surface area contributed by atoms with Gasteiger partial charge in [-0.25, -0.2) is 22.0 Å². The Bertz CT molecular complexity index is 570. The average molecular weight is 372 g/mol. The van der Waals surface area contributed by atoms with Crippen LogP contribution in [0.1, 0.15) is 16.5 Å². The van der Waals surface area contributed by atoms with Crippen molar-refractivity contribution in [3.8, 4) is 0 Å². The Balaban J connectivity index is 2.61. The van der Waals surface area contributed by atoms with E-state index in [2.05, 4.69) is 15.9 Å². The Kier molecular flexibility index (Phi) is 4.34. The van der Waals surface area contributed by atoms with E-state index in [1.165, 1.54) is 0 Å². The van der Waals surface area contributed by atoms with Crippen LogP contribution in [-0.4, -0.2) is 0 Å². The van der Waals surface area contributed by atoms with Crippen LogP contribution in [0.4, 0.5) is 22.0 Å². The summed E-state index contributed by atoms with van der Waals surface area (Å²) in [5, 5.41) is -1.76. The summed E-state index contributed by atoms with van der Waals surface area (Å²) in [7, 11) is 0. The van der Waals surface area contributed by atoms with Crippen molar-refractivity contribution in [2.24, 2.45) is 0 Å². The molecule has 20 heavy (non-hydrogen) atoms. The fraction of sp³-hybridized carbons (Fsp3) is 0.0769. The van der Waals surface area contributed by atoms with Crippen molar-refractivity contribution in [1.29, 1.82) is 0 Å². The van der Waals surface area contributed by atoms with Crippen molar-refractivity contribution >= 4 is 27.5 Å². The quantitative estimate of drug-likeness (QED) is 0.485. The molecule has 106 valence electrons. The molecule has 0 N–H and O–H groups in total. The summed E-state index contributed by atoms with van der Waals surface area (Å²) in [5.74, 6) is -5.92. The van der Waals surface area contributed by atoms with Crippen LogP contribution in [0.25, 0.3) is 0 Å². The fourth-order valence-corrected chi connectivity index (χ4v) is 2.55. The molecule has 0 saturated carbocycles. The molecule has 2 rings (SSSR count). The van der Waals surface area contributed by atoms with Crippen molar-refractivity contribution in [3.05, 3.63) is 69.0 Å². The summed E-state index contributed by atoms with van der Waals surface area (Å²) in [6.07, 6.45) is 0. The molecule has 0 fully saturated rings. The van der Waals surface area contributed by atoms with Gasteiger partial charge in [0.2, 0.25) is 0 Å². The molecule has 0 nitrogen and oxygen atoms in total. The maximum Gasteiger partial charge on any atom is 0.134 e. The van der Waals surface area contributed by atoms with Crippen molar-refractivity contribution in [2.75, 3.05) is 0 Å². The van der Waals surface area contributed by atoms with E-state index in [0.717, 1.165) is 12.1 Å². The minimum Gasteiger partial charge on any atom is -0.207 e. The predicted molar refractivity (Wildman–Crippen MR) is 68.1 cm³/mol. The lowest BCUT2D eigenvalue weighted by molar-refractivity contribution is 0.515. The molecule has 0 aliphatic carbocycles. The number of benzene rings is 2. The Morgan fingerprint density at radius 2 is 1.10 bits per heavy atom. The second-order valence-corrected chi connectivity index (χ2v) is 5.28. The van der Waals surface area contributed by atoms with Crippen LogP contribution in [0.5, 0.6) is 0 Å². The molecule has 2 aromatic carbocycles. The Morgan fingerprint density at radius 1 is 0.750 bits per heavy atom. The minimum absolute atomic E-state index is 0.111. The lowest BCUT2D eigenvalue weighted by Gasteiger charge is -2.14. The summed E-state index contributed by atoms with van der Waals surface area (Å²) >= 11 is 8.63. The molecule has 1 atom stereocenters. The second kappa shape index (κ2) is 5.69. The normalized spacial score (nSPS) is 12.6. The number of rotatable bonds is 2. The predicted octanol–water partition coefficient (Wildman–Crippen LogP) is 5.47. The number of hydrogen-bond donors (Lipinski definition) is 0. The van der Waals surface area contributed by atoms with Crippen molar-refractivity contribution in [1.82, 2.24) is 0 Å². The smallest absolute Gasteiger partial charge is 0.134 e. The summed E-state index contributed by atoms with van der Waals surface area (Å²) in [6.45, 7) is 0. The molecule has 7 heteroatoms. The molecule has 0 amide bonds. The van der Waals surface area contributed by atoms with E-state index in [4.69, 9.17) is 11.6 Å². The first-order valence-corrected chi connectivity index (χ1v) is 6.47. The van der Waals surface area contributed by atoms with Crippen LogP contribution < -0.4 is 0 Å². The highest BCUT2D eigenvalue weighted by molar-refractivity contribution is 9.10. The summed E-state index contributed by atoms with van der Waals surface area (Å²) in [6, 6.07) is 2.60. The molecule has 0 heterocycles. The number of halogens is 7. The lowest BCUT2D eigenvalue weighted by Crippen LogP contribution is -2.06. The van der Waals surface area contributed by atoms with Gasteiger partial charge in [0.15, 0.2) is 0 Å². The third-order valence-electron chi connectivity index (χ3n) is 2.59. The highest BCUT2D eigenvalue weighted by Gasteiger charge is 2.26. The third-order valence-corrected chi connectivity index (χ3v) is 3.49. The summed E-state index contributed by atoms with van der Waals surface area (Å²) in [4.78, 5) is 0. The molecular formula is C13H5BrClF5. The third kappa shape index (κ3) is 2.81. The Labute approximate surface area is 124 Å². The molecule has 0 spiro atoms. The number of alkyl halides is 1. The van der Waals surface area contributed by atoms with E-state index in [1.54, 1.807) is 0 Å². The van der Waals surface area contributed by atoms with Crippen LogP contribution in [0.3, 0.4) is 0 Å². The summed E-state index contributed by atoms with van der Waals surface area (Å²) < 4.78 is 67.5. The molecular weight excluding hydrogens is 366 g/mol. The van der Waals surface area contributed by atoms with Gasteiger partial charge in [-0.15, -0.1) is 11.6 Å². The highest BCUT2D eigenvalue weighted by Crippen LogP contribution is 2.36. The first kappa shape index (κ1) is 15.3. The summed E-state index contributed by atoms with van der Waals surface area (Å²) in [5.41, 5.74) is -1.52. The van der Waals surface area contributed by atoms with Gasteiger partial charge >= 0.3 is 0 Å². The van der Waals surface area contributed by atoms with E-state index in [-0.39, 0.29) is 4.47 Å². The van der Waals surface area contributed by atoms with E-state index >= 15 is 0 Å². The molecule has 0 radical (unpaired) electrons. The molecule has 0 aliphatic rings. The zero-order valence-electron chi connectivity index (χ0n) is 9.53. The largest absolute Gasteiger partial charge is 0.207 e. The van der Waals surface area contributed by atoms with Gasteiger partial charge in [0.25, 0.3) is 0 Å². The van der Waals surface area contributed by atoms with Crippen LogP contribution in [0, 0.1) is 29.1 Å². The van der Waals surface area contributed by atoms with Crippen LogP contribution in [0.2, 0.25) is 0 Å². The van der Waals surface area contributed by atoms with Gasteiger partial charge in [0.05, 0.1) is 5.38 Å². The topological polar surface area (TPSA) is 0 Å². The van der Waals surface area contributed by atoms with Gasteiger partial charge in [-0.05, 0) is 12.1 Å². The van der Waals surface area contributed by atoms with E-state index in [1.807, 2.05) is 0 Å². The minimum atomic E-state index is -1.76. The monoisotopic (exact) mass is 370 g/mol. The first-order valence-electron chi connectivity index (χ1n) is 5.24. The van der Waals surface area contributed by atoms with E-state index in [9.17, 15) is 22.0 Å². The second-order valence-electron chi connectivity index (χ2n) is 3.93. The molecule has 1 unspecified atom stereocenters. The van der Waals surface area contributed by atoms with Crippen LogP contribution in [0.15, 0.2) is 28.7 Å². The molecule has 0 aromatic heterocycles. The lowest BCUT2D eigenvalue weighted by atomic mass is 10.0. The molecule has 2 aromatic rings. The first-order chi connectivity index (χ1) is 9.31. The van der Waals surface area contributed by atoms with E-state index < -0.39 is 45.6 Å². The average Bonchev–Trinajstić information content (AvgIpc) is 2.25.